The fraction of sp³-hybridized carbons (Fsp3) is 0.775. The third kappa shape index (κ3) is 20.9. The molecule has 1 aliphatic rings. The Labute approximate surface area is 363 Å². The number of amides is 7. The third-order valence-corrected chi connectivity index (χ3v) is 10.3. The average molecular weight is 882 g/mol. The molecule has 1 fully saturated rings. The molecule has 352 valence electrons. The molecule has 1 saturated heterocycles. The predicted molar refractivity (Wildman–Crippen MR) is 228 cm³/mol. The number of carbonyl (C=O) groups excluding carboxylic acids is 8. The Balaban J connectivity index is 3.17. The lowest BCUT2D eigenvalue weighted by molar-refractivity contribution is -0.155. The second-order valence-corrected chi connectivity index (χ2v) is 16.2. The van der Waals surface area contributed by atoms with Crippen LogP contribution < -0.4 is 48.7 Å². The second kappa shape index (κ2) is 29.0. The smallest absolute Gasteiger partial charge is 0.328 e. The number of guanidine groups is 1. The summed E-state index contributed by atoms with van der Waals surface area (Å²) in [5.74, 6) is -8.28. The number of hydrogen-bond donors (Lipinski definition) is 11. The van der Waals surface area contributed by atoms with Gasteiger partial charge < -0.3 is 58.5 Å². The maximum absolute atomic E-state index is 13.8. The maximum atomic E-state index is 13.8. The predicted octanol–water partition coefficient (Wildman–Crippen LogP) is -0.518. The molecule has 0 aromatic carbocycles. The fourth-order valence-corrected chi connectivity index (χ4v) is 6.63. The standard InChI is InChI=1S/C40H71N11O11/c1-7-27-34(55)49-31(22(2)3)36(57)50-32(24(5)52)37(58)47-28(21-29(41)53)35(56)45-23(4)39(60)62-25(6)33(38(59)46-27)48-30(54)20-26(51-61)18-16-14-12-10-8-9-11-13-15-17-19-44-40(42)43/h22-28,31-33,52H,7-21H2,1-6H3,(H2,41,53)(H,45,56)(H,46,59)(H,47,58)(H,48,54)(H,49,55)(H,50,57)(H4,42,43,44)/t23?,24?,25?,26?,27?,28?,31?,32?,33-/m1/s1. The van der Waals surface area contributed by atoms with Crippen molar-refractivity contribution in [3.8, 4) is 0 Å². The number of nitrogens with two attached hydrogens (primary N) is 2. The molecule has 1 heterocycles. The molecule has 8 unspecified atom stereocenters. The number of nitrogens with one attached hydrogen (secondary N) is 8. The highest BCUT2D eigenvalue weighted by atomic mass is 16.5. The minimum Gasteiger partial charge on any atom is -0.458 e. The molecular weight excluding hydrogens is 811 g/mol. The molecule has 0 bridgehead atoms. The van der Waals surface area contributed by atoms with Crippen molar-refractivity contribution in [1.82, 2.24) is 37.2 Å². The maximum Gasteiger partial charge on any atom is 0.328 e. The zero-order valence-electron chi connectivity index (χ0n) is 37.0. The van der Waals surface area contributed by atoms with Crippen molar-refractivity contribution in [3.05, 3.63) is 4.91 Å². The number of rotatable bonds is 22. The van der Waals surface area contributed by atoms with Crippen molar-refractivity contribution in [2.45, 2.75) is 186 Å². The van der Waals surface area contributed by atoms with Crippen LogP contribution in [0.25, 0.3) is 0 Å². The summed E-state index contributed by atoms with van der Waals surface area (Å²) in [6.45, 7) is 9.15. The van der Waals surface area contributed by atoms with E-state index >= 15 is 0 Å². The molecule has 0 saturated carbocycles. The highest BCUT2D eigenvalue weighted by molar-refractivity contribution is 5.98. The molecule has 1 aliphatic heterocycles. The van der Waals surface area contributed by atoms with E-state index in [1.807, 2.05) is 0 Å². The second-order valence-electron chi connectivity index (χ2n) is 16.2. The van der Waals surface area contributed by atoms with Gasteiger partial charge in [-0.3, -0.25) is 39.0 Å². The van der Waals surface area contributed by atoms with Crippen LogP contribution in [-0.4, -0.2) is 119 Å². The van der Waals surface area contributed by atoms with Gasteiger partial charge in [0.05, 0.1) is 18.9 Å². The van der Waals surface area contributed by atoms with Crippen LogP contribution in [-0.2, 0) is 43.1 Å². The Kier molecular flexibility index (Phi) is 25.5. The Morgan fingerprint density at radius 1 is 0.758 bits per heavy atom. The van der Waals surface area contributed by atoms with Gasteiger partial charge in [0.2, 0.25) is 41.4 Å². The highest BCUT2D eigenvalue weighted by Crippen LogP contribution is 2.15. The number of unbranched alkanes of at least 4 members (excludes halogenated alkanes) is 9. The quantitative estimate of drug-likeness (QED) is 0.0215. The Morgan fingerprint density at radius 2 is 1.27 bits per heavy atom. The number of aliphatic hydroxyl groups excluding tert-OH is 1. The molecule has 0 aromatic heterocycles. The average Bonchev–Trinajstić information content (AvgIpc) is 3.19. The Hall–Kier alpha value is -5.41. The van der Waals surface area contributed by atoms with Crippen LogP contribution in [0.4, 0.5) is 0 Å². The van der Waals surface area contributed by atoms with Gasteiger partial charge in [0.1, 0.15) is 48.4 Å². The molecule has 1 rings (SSSR count). The zero-order chi connectivity index (χ0) is 46.9. The molecule has 22 heteroatoms. The molecule has 0 aliphatic carbocycles. The lowest BCUT2D eigenvalue weighted by Gasteiger charge is -2.29. The summed E-state index contributed by atoms with van der Waals surface area (Å²) in [7, 11) is 0. The van der Waals surface area contributed by atoms with Crippen molar-refractivity contribution >= 4 is 53.3 Å². The van der Waals surface area contributed by atoms with Gasteiger partial charge in [-0.1, -0.05) is 83.7 Å². The first kappa shape index (κ1) is 54.6. The van der Waals surface area contributed by atoms with Crippen LogP contribution in [0, 0.1) is 16.2 Å². The fourth-order valence-electron chi connectivity index (χ4n) is 6.63. The van der Waals surface area contributed by atoms with Crippen LogP contribution >= 0.6 is 0 Å². The summed E-state index contributed by atoms with van der Waals surface area (Å²) in [6, 6.07) is -9.94. The van der Waals surface area contributed by atoms with Gasteiger partial charge in [-0.05, 0) is 46.0 Å². The lowest BCUT2D eigenvalue weighted by Crippen LogP contribution is -2.62. The van der Waals surface area contributed by atoms with Gasteiger partial charge in [-0.2, -0.15) is 4.91 Å². The molecule has 7 amide bonds. The van der Waals surface area contributed by atoms with Gasteiger partial charge >= 0.3 is 5.97 Å². The first-order valence-corrected chi connectivity index (χ1v) is 21.6. The number of carbonyl (C=O) groups is 8. The van der Waals surface area contributed by atoms with Crippen molar-refractivity contribution in [1.29, 1.82) is 5.41 Å². The van der Waals surface area contributed by atoms with E-state index in [1.54, 1.807) is 20.8 Å². The number of hydrogen-bond acceptors (Lipinski definition) is 13. The summed E-state index contributed by atoms with van der Waals surface area (Å²) in [5, 5.41) is 38.0. The summed E-state index contributed by atoms with van der Waals surface area (Å²) in [6.07, 6.45) is 6.11. The normalized spacial score (nSPS) is 24.3. The summed E-state index contributed by atoms with van der Waals surface area (Å²) in [5.41, 5.74) is 10.6. The van der Waals surface area contributed by atoms with E-state index in [9.17, 15) is 48.4 Å². The van der Waals surface area contributed by atoms with Crippen LogP contribution in [0.5, 0.6) is 0 Å². The van der Waals surface area contributed by atoms with Crippen LogP contribution in [0.15, 0.2) is 5.18 Å². The minimum atomic E-state index is -1.68. The van der Waals surface area contributed by atoms with Crippen LogP contribution in [0.1, 0.15) is 131 Å². The number of aliphatic hydroxyl groups is 1. The topological polar surface area (TPSA) is 356 Å². The number of ether oxygens (including phenoxy) is 1. The van der Waals surface area contributed by atoms with Crippen LogP contribution in [0.3, 0.4) is 0 Å². The Bertz CT molecular complexity index is 1530. The number of esters is 1. The zero-order valence-corrected chi connectivity index (χ0v) is 37.0. The van der Waals surface area contributed by atoms with Crippen LogP contribution in [0.2, 0.25) is 0 Å². The highest BCUT2D eigenvalue weighted by Gasteiger charge is 2.38. The lowest BCUT2D eigenvalue weighted by atomic mass is 10.0. The van der Waals surface area contributed by atoms with Crippen molar-refractivity contribution in [2.75, 3.05) is 6.54 Å². The van der Waals surface area contributed by atoms with E-state index in [4.69, 9.17) is 21.6 Å². The van der Waals surface area contributed by atoms with Crippen molar-refractivity contribution < 1.29 is 48.2 Å². The third-order valence-electron chi connectivity index (χ3n) is 10.3. The Morgan fingerprint density at radius 3 is 1.79 bits per heavy atom. The van der Waals surface area contributed by atoms with E-state index in [0.717, 1.165) is 57.8 Å². The first-order chi connectivity index (χ1) is 29.2. The summed E-state index contributed by atoms with van der Waals surface area (Å²) in [4.78, 5) is 118. The van der Waals surface area contributed by atoms with Crippen molar-refractivity contribution in [2.24, 2.45) is 22.6 Å². The number of nitroso groups, excluding NO2 is 1. The monoisotopic (exact) mass is 882 g/mol. The molecule has 13 N–H and O–H groups in total. The number of primary amides is 1. The van der Waals surface area contributed by atoms with Gasteiger partial charge in [-0.25, -0.2) is 4.79 Å². The summed E-state index contributed by atoms with van der Waals surface area (Å²) < 4.78 is 5.50. The summed E-state index contributed by atoms with van der Waals surface area (Å²) >= 11 is 0. The molecular formula is C40H71N11O11. The molecule has 0 aromatic rings. The number of nitrogens with zero attached hydrogens (tertiary/aromatic N) is 1. The van der Waals surface area contributed by atoms with E-state index in [2.05, 4.69) is 42.4 Å². The van der Waals surface area contributed by atoms with Gasteiger partial charge in [0.25, 0.3) is 0 Å². The van der Waals surface area contributed by atoms with Crippen molar-refractivity contribution in [3.63, 3.8) is 0 Å². The molecule has 0 spiro atoms. The van der Waals surface area contributed by atoms with Gasteiger partial charge in [-0.15, -0.1) is 0 Å². The number of cyclic esters (lactones) is 1. The molecule has 62 heavy (non-hydrogen) atoms. The van der Waals surface area contributed by atoms with Gasteiger partial charge in [0.15, 0.2) is 5.96 Å². The van der Waals surface area contributed by atoms with E-state index < -0.39 is 114 Å². The van der Waals surface area contributed by atoms with E-state index in [0.29, 0.717) is 19.4 Å². The molecule has 9 atom stereocenters. The first-order valence-electron chi connectivity index (χ1n) is 21.6. The van der Waals surface area contributed by atoms with Gasteiger partial charge in [0, 0.05) is 6.54 Å². The van der Waals surface area contributed by atoms with E-state index in [1.165, 1.54) is 20.8 Å². The SMILES string of the molecule is CCC1NC(=O)[C@H](NC(=O)CC(CCCCCCCCCCCCNC(=N)N)N=O)C(C)OC(=O)C(C)NC(=O)C(CC(N)=O)NC(=O)C(C(C)O)NC(=O)C(C(C)C)NC1=O. The molecule has 22 nitrogen and oxygen atoms in total. The minimum absolute atomic E-state index is 0.0000997. The largest absolute Gasteiger partial charge is 0.458 e. The van der Waals surface area contributed by atoms with E-state index in [-0.39, 0.29) is 18.8 Å². The molecule has 0 radical (unpaired) electrons.